The molecule has 0 spiro atoms. The SMILES string of the molecule is c1ccc(-c2cccc(-[n+]3cc4ccccc4nc3-n3c4cccc5c4c4c6c(cccc6ccc43)-c3ccccc3-5)c2)cc1.c1ccc(-c2nc(-n3c4cccc5c4c4c6c(cccc6ccc43)-c3ccccc3-5)nc3c2-c2cccc4cccc-3c24)cc1.c1ccc2c(c1)-c1cccc3ccc4c(c13)c1c-2cccc1n4-c1nc2c3ccccc3c3c4ccccc4oc3c2c2ccccc12. The highest BCUT2D eigenvalue weighted by molar-refractivity contribution is 6.37. The van der Waals surface area contributed by atoms with Crippen molar-refractivity contribution in [3.63, 3.8) is 0 Å². The fraction of sp³-hybridized carbons (Fsp3) is 0. The Bertz CT molecular complexity index is 10500. The second-order valence-corrected chi connectivity index (χ2v) is 36.9. The molecule has 634 valence electrons. The molecule has 0 radical (unpaired) electrons. The molecule has 0 N–H and O–H groups in total. The summed E-state index contributed by atoms with van der Waals surface area (Å²) < 4.78 is 16.1. The van der Waals surface area contributed by atoms with Gasteiger partial charge in [0.1, 0.15) is 33.7 Å². The summed E-state index contributed by atoms with van der Waals surface area (Å²) in [5.41, 5.74) is 35.7. The van der Waals surface area contributed by atoms with Gasteiger partial charge in [-0.05, 0) is 199 Å². The molecule has 0 fully saturated rings. The van der Waals surface area contributed by atoms with E-state index >= 15 is 0 Å². The lowest BCUT2D eigenvalue weighted by Crippen LogP contribution is -2.37. The number of aromatic nitrogens is 8. The number of pyridine rings is 1. The number of benzene rings is 22. The third kappa shape index (κ3) is 10.4. The van der Waals surface area contributed by atoms with E-state index in [1.54, 1.807) is 0 Å². The van der Waals surface area contributed by atoms with E-state index in [9.17, 15) is 0 Å². The Morgan fingerprint density at radius 2 is 0.609 bits per heavy atom. The molecule has 0 bridgehead atoms. The van der Waals surface area contributed by atoms with Gasteiger partial charge in [-0.2, -0.15) is 4.57 Å². The molecule has 0 aliphatic heterocycles. The summed E-state index contributed by atoms with van der Waals surface area (Å²) in [6, 6.07) is 158. The summed E-state index contributed by atoms with van der Waals surface area (Å²) in [7, 11) is 0. The molecular weight excluding hydrogens is 1680 g/mol. The van der Waals surface area contributed by atoms with E-state index in [2.05, 4.69) is 455 Å². The zero-order chi connectivity index (χ0) is 89.8. The summed E-state index contributed by atoms with van der Waals surface area (Å²) in [6.45, 7) is 0. The molecule has 9 nitrogen and oxygen atoms in total. The van der Waals surface area contributed by atoms with Crippen molar-refractivity contribution in [2.24, 2.45) is 0 Å². The summed E-state index contributed by atoms with van der Waals surface area (Å²) in [5, 5.41) is 26.7. The molecule has 0 unspecified atom stereocenters. The maximum Gasteiger partial charge on any atom is 0.409 e. The fourth-order valence-electron chi connectivity index (χ4n) is 24.3. The standard InChI is InChI=1S/C45H24N2O.C42H23N3.C42H26N3/c1-2-13-27-26(12-1)28-19-9-11-25-23-24-36-42(38(25)28)40-29(27)20-10-21-35(40)47(36)45-33-17-6-4-15-31(33)41-43(46-45)32-16-5-3-14-30(32)39-34-18-7-8-22-37(34)48-44(39)41;1-2-10-26(11-3-1)40-38-31-19-7-12-24-13-8-20-32(35(24)31)41(38)44-42(43-40)45-33-21-9-18-30-28-16-5-4-15-27(28)29-17-6-14-25-22-23-34(45)39(36(25)29)37(30)33;1-2-11-27(12-3-1)29-15-8-16-31(25-29)44-26-30-13-4-7-21-36(30)43-42(44)45-37-22-10-20-35-33-18-6-5-17-32(33)34-19-9-14-28-23-24-38(45)41(39(28)34)40(35)37/h1-24H;1-23H;1-26H/q;;+1. The van der Waals surface area contributed by atoms with E-state index in [1.807, 2.05) is 6.07 Å². The first-order chi connectivity index (χ1) is 68.5. The quantitative estimate of drug-likeness (QED) is 0.122. The van der Waals surface area contributed by atoms with Crippen LogP contribution in [-0.4, -0.2) is 33.6 Å². The van der Waals surface area contributed by atoms with Crippen molar-refractivity contribution in [3.05, 3.63) is 443 Å². The van der Waals surface area contributed by atoms with Gasteiger partial charge in [0.05, 0.1) is 50.6 Å². The van der Waals surface area contributed by atoms with Crippen LogP contribution in [0.4, 0.5) is 0 Å². The van der Waals surface area contributed by atoms with Crippen LogP contribution in [0.25, 0.3) is 309 Å². The Labute approximate surface area is 788 Å². The van der Waals surface area contributed by atoms with Crippen LogP contribution in [0.3, 0.4) is 0 Å². The van der Waals surface area contributed by atoms with Crippen molar-refractivity contribution < 1.29 is 8.98 Å². The summed E-state index contributed by atoms with van der Waals surface area (Å²) in [6.07, 6.45) is 2.23. The number of fused-ring (bicyclic) bond motifs is 23. The first-order valence-corrected chi connectivity index (χ1v) is 47.3. The first-order valence-electron chi connectivity index (χ1n) is 47.3. The Balaban J connectivity index is 0.0000000959. The van der Waals surface area contributed by atoms with Gasteiger partial charge in [-0.3, -0.25) is 9.13 Å². The fourth-order valence-corrected chi connectivity index (χ4v) is 24.3. The maximum absolute atomic E-state index is 6.72. The predicted molar refractivity (Wildman–Crippen MR) is 571 cm³/mol. The lowest BCUT2D eigenvalue weighted by Gasteiger charge is -2.16. The zero-order valence-corrected chi connectivity index (χ0v) is 74.1. The lowest BCUT2D eigenvalue weighted by molar-refractivity contribution is -0.591. The summed E-state index contributed by atoms with van der Waals surface area (Å²) >= 11 is 0. The second kappa shape index (κ2) is 28.5. The van der Waals surface area contributed by atoms with Crippen molar-refractivity contribution in [2.75, 3.05) is 0 Å². The molecule has 7 heterocycles. The average molecular weight is 1750 g/mol. The van der Waals surface area contributed by atoms with Crippen LogP contribution in [0.1, 0.15) is 0 Å². The highest BCUT2D eigenvalue weighted by Crippen LogP contribution is 2.57. The minimum Gasteiger partial charge on any atom is -0.455 e. The van der Waals surface area contributed by atoms with Crippen molar-refractivity contribution in [2.45, 2.75) is 0 Å². The van der Waals surface area contributed by atoms with Crippen molar-refractivity contribution in [1.82, 2.24) is 33.6 Å². The molecule has 22 aromatic carbocycles. The summed E-state index contributed by atoms with van der Waals surface area (Å²) in [4.78, 5) is 22.1. The maximum atomic E-state index is 6.72. The van der Waals surface area contributed by atoms with E-state index < -0.39 is 0 Å². The molecule has 29 aromatic rings. The van der Waals surface area contributed by atoms with Gasteiger partial charge in [0.2, 0.25) is 5.95 Å². The van der Waals surface area contributed by atoms with Crippen molar-refractivity contribution >= 4 is 174 Å². The van der Waals surface area contributed by atoms with Gasteiger partial charge in [-0.1, -0.05) is 375 Å². The van der Waals surface area contributed by atoms with E-state index in [4.69, 9.17) is 24.4 Å². The minimum atomic E-state index is 0.695. The molecule has 0 amide bonds. The molecule has 7 aromatic heterocycles. The summed E-state index contributed by atoms with van der Waals surface area (Å²) in [5.74, 6) is 2.49. The normalized spacial score (nSPS) is 12.3. The molecule has 33 rings (SSSR count). The molecule has 0 atom stereocenters. The molecule has 4 aliphatic rings. The van der Waals surface area contributed by atoms with Gasteiger partial charge in [-0.15, -0.1) is 0 Å². The van der Waals surface area contributed by atoms with Crippen LogP contribution in [0, 0.1) is 0 Å². The van der Waals surface area contributed by atoms with E-state index in [0.717, 1.165) is 138 Å². The van der Waals surface area contributed by atoms with Gasteiger partial charge in [0.15, 0.2) is 5.52 Å². The first kappa shape index (κ1) is 75.0. The van der Waals surface area contributed by atoms with Gasteiger partial charge >= 0.3 is 5.95 Å². The molecule has 0 saturated carbocycles. The number of hydrogen-bond acceptors (Lipinski definition) is 5. The number of para-hydroxylation sites is 2. The van der Waals surface area contributed by atoms with Crippen LogP contribution in [0.2, 0.25) is 0 Å². The molecular formula is C129H73N8O+. The largest absolute Gasteiger partial charge is 0.455 e. The van der Waals surface area contributed by atoms with Gasteiger partial charge in [-0.25, -0.2) is 19.5 Å². The Hall–Kier alpha value is -18.6. The highest BCUT2D eigenvalue weighted by Gasteiger charge is 2.36. The van der Waals surface area contributed by atoms with Gasteiger partial charge in [0.25, 0.3) is 0 Å². The van der Waals surface area contributed by atoms with Gasteiger partial charge < -0.3 is 4.42 Å². The van der Waals surface area contributed by atoms with E-state index in [0.29, 0.717) is 5.95 Å². The number of nitrogens with zero attached hydrogens (tertiary/aromatic N) is 8. The smallest absolute Gasteiger partial charge is 0.409 e. The minimum absolute atomic E-state index is 0.695. The van der Waals surface area contributed by atoms with E-state index in [-0.39, 0.29) is 0 Å². The topological polar surface area (TPSA) is 83.4 Å². The Kier molecular flexibility index (Phi) is 15.5. The van der Waals surface area contributed by atoms with Crippen molar-refractivity contribution in [3.8, 4) is 135 Å². The van der Waals surface area contributed by atoms with Crippen LogP contribution in [0.15, 0.2) is 447 Å². The molecule has 138 heavy (non-hydrogen) atoms. The number of furan rings is 1. The monoisotopic (exact) mass is 1750 g/mol. The molecule has 9 heteroatoms. The van der Waals surface area contributed by atoms with Crippen molar-refractivity contribution in [1.29, 1.82) is 0 Å². The van der Waals surface area contributed by atoms with Crippen LogP contribution in [0.5, 0.6) is 0 Å². The van der Waals surface area contributed by atoms with Crippen LogP contribution < -0.4 is 4.57 Å². The zero-order valence-electron chi connectivity index (χ0n) is 74.1. The van der Waals surface area contributed by atoms with Crippen LogP contribution >= 0.6 is 0 Å². The predicted octanol–water partition coefficient (Wildman–Crippen LogP) is 33.3. The number of rotatable bonds is 6. The number of hydrogen-bond donors (Lipinski definition) is 0. The molecule has 0 saturated heterocycles. The third-order valence-corrected chi connectivity index (χ3v) is 29.9. The Morgan fingerprint density at radius 1 is 0.217 bits per heavy atom. The highest BCUT2D eigenvalue weighted by atomic mass is 16.3. The van der Waals surface area contributed by atoms with Gasteiger partial charge in [0, 0.05) is 81.3 Å². The lowest BCUT2D eigenvalue weighted by atomic mass is 9.93. The molecule has 4 aliphatic carbocycles. The van der Waals surface area contributed by atoms with Crippen LogP contribution in [-0.2, 0) is 0 Å². The second-order valence-electron chi connectivity index (χ2n) is 36.9. The van der Waals surface area contributed by atoms with E-state index in [1.165, 1.54) is 164 Å². The third-order valence-electron chi connectivity index (χ3n) is 29.9. The Morgan fingerprint density at radius 3 is 1.18 bits per heavy atom. The average Bonchev–Trinajstić information content (AvgIpc) is 1.63.